The summed E-state index contributed by atoms with van der Waals surface area (Å²) in [5, 5.41) is 5.04. The molecule has 188 valence electrons. The van der Waals surface area contributed by atoms with Crippen molar-refractivity contribution in [3.8, 4) is 22.6 Å². The molecule has 7 nitrogen and oxygen atoms in total. The molecule has 0 saturated heterocycles. The van der Waals surface area contributed by atoms with Crippen LogP contribution in [0.1, 0.15) is 44.9 Å². The molecule has 0 saturated carbocycles. The number of carbonyl (C=O) groups is 1. The van der Waals surface area contributed by atoms with Gasteiger partial charge in [0, 0.05) is 16.3 Å². The standard InChI is InChI=1S/C29H32N2O5/c1-16-15-22(35-7)23(25-20-9-8-10-21(34-6)24(20)27(32)31-26(16)25)19-13-11-18(12-14-19)17(2)30-28(33)36-29(3,4)5/h8-15,17H,1-7H3,(H,30,33)(H,31,32)/t17-/m1/s1. The van der Waals surface area contributed by atoms with Crippen molar-refractivity contribution in [2.75, 3.05) is 14.2 Å². The van der Waals surface area contributed by atoms with Gasteiger partial charge in [0.05, 0.1) is 31.2 Å². The Morgan fingerprint density at radius 1 is 0.972 bits per heavy atom. The van der Waals surface area contributed by atoms with Crippen LogP contribution in [0.5, 0.6) is 11.5 Å². The van der Waals surface area contributed by atoms with E-state index in [9.17, 15) is 9.59 Å². The van der Waals surface area contributed by atoms with Crippen LogP contribution in [0.15, 0.2) is 53.3 Å². The molecular formula is C29H32N2O5. The van der Waals surface area contributed by atoms with Gasteiger partial charge in [0.1, 0.15) is 17.1 Å². The number of aromatic nitrogens is 1. The number of hydrogen-bond acceptors (Lipinski definition) is 5. The third-order valence-electron chi connectivity index (χ3n) is 6.12. The number of rotatable bonds is 5. The van der Waals surface area contributed by atoms with E-state index >= 15 is 0 Å². The van der Waals surface area contributed by atoms with Gasteiger partial charge < -0.3 is 24.5 Å². The van der Waals surface area contributed by atoms with E-state index in [1.54, 1.807) is 20.3 Å². The fourth-order valence-electron chi connectivity index (χ4n) is 4.49. The summed E-state index contributed by atoms with van der Waals surface area (Å²) in [7, 11) is 3.20. The highest BCUT2D eigenvalue weighted by atomic mass is 16.6. The highest BCUT2D eigenvalue weighted by Crippen LogP contribution is 2.42. The molecule has 2 N–H and O–H groups in total. The molecule has 1 aromatic heterocycles. The number of aryl methyl sites for hydroxylation is 1. The molecule has 0 unspecified atom stereocenters. The summed E-state index contributed by atoms with van der Waals surface area (Å²) in [6, 6.07) is 15.2. The number of methoxy groups -OCH3 is 2. The van der Waals surface area contributed by atoms with Gasteiger partial charge in [-0.25, -0.2) is 4.79 Å². The average molecular weight is 489 g/mol. The maximum atomic E-state index is 13.0. The van der Waals surface area contributed by atoms with Crippen molar-refractivity contribution in [2.45, 2.75) is 46.3 Å². The number of fused-ring (bicyclic) bond motifs is 3. The highest BCUT2D eigenvalue weighted by molar-refractivity contribution is 6.16. The lowest BCUT2D eigenvalue weighted by molar-refractivity contribution is 0.0508. The summed E-state index contributed by atoms with van der Waals surface area (Å²) in [5.41, 5.74) is 3.60. The minimum Gasteiger partial charge on any atom is -0.496 e. The molecule has 0 spiro atoms. The predicted octanol–water partition coefficient (Wildman–Crippen LogP) is 6.26. The summed E-state index contributed by atoms with van der Waals surface area (Å²) in [6.45, 7) is 9.35. The monoisotopic (exact) mass is 488 g/mol. The Hall–Kier alpha value is -4.00. The zero-order valence-corrected chi connectivity index (χ0v) is 21.7. The summed E-state index contributed by atoms with van der Waals surface area (Å²) < 4.78 is 16.7. The van der Waals surface area contributed by atoms with E-state index in [0.29, 0.717) is 16.9 Å². The topological polar surface area (TPSA) is 89.7 Å². The predicted molar refractivity (Wildman–Crippen MR) is 143 cm³/mol. The van der Waals surface area contributed by atoms with Crippen molar-refractivity contribution < 1.29 is 19.0 Å². The Kier molecular flexibility index (Phi) is 6.67. The van der Waals surface area contributed by atoms with E-state index in [1.807, 2.05) is 77.1 Å². The normalized spacial score (nSPS) is 12.4. The highest BCUT2D eigenvalue weighted by Gasteiger charge is 2.21. The van der Waals surface area contributed by atoms with Gasteiger partial charge in [-0.15, -0.1) is 0 Å². The van der Waals surface area contributed by atoms with Gasteiger partial charge in [-0.05, 0) is 63.4 Å². The van der Waals surface area contributed by atoms with Gasteiger partial charge in [-0.3, -0.25) is 4.79 Å². The maximum absolute atomic E-state index is 13.0. The molecular weight excluding hydrogens is 456 g/mol. The molecule has 1 heterocycles. The summed E-state index contributed by atoms with van der Waals surface area (Å²) in [6.07, 6.45) is -0.463. The van der Waals surface area contributed by atoms with E-state index in [4.69, 9.17) is 14.2 Å². The number of benzene rings is 3. The third kappa shape index (κ3) is 4.73. The van der Waals surface area contributed by atoms with Gasteiger partial charge in [0.2, 0.25) is 0 Å². The van der Waals surface area contributed by atoms with Crippen molar-refractivity contribution in [1.82, 2.24) is 10.3 Å². The fraction of sp³-hybridized carbons (Fsp3) is 0.310. The average Bonchev–Trinajstić information content (AvgIpc) is 2.82. The molecule has 36 heavy (non-hydrogen) atoms. The van der Waals surface area contributed by atoms with Gasteiger partial charge in [-0.1, -0.05) is 36.4 Å². The number of amides is 1. The Morgan fingerprint density at radius 3 is 2.25 bits per heavy atom. The smallest absolute Gasteiger partial charge is 0.408 e. The molecule has 7 heteroatoms. The molecule has 4 rings (SSSR count). The van der Waals surface area contributed by atoms with Crippen molar-refractivity contribution in [3.63, 3.8) is 0 Å². The minimum absolute atomic E-state index is 0.202. The number of pyridine rings is 1. The van der Waals surface area contributed by atoms with Crippen molar-refractivity contribution in [1.29, 1.82) is 0 Å². The van der Waals surface area contributed by atoms with Gasteiger partial charge in [-0.2, -0.15) is 0 Å². The van der Waals surface area contributed by atoms with Gasteiger partial charge in [0.25, 0.3) is 5.56 Å². The number of carbonyl (C=O) groups excluding carboxylic acids is 1. The first-order valence-electron chi connectivity index (χ1n) is 11.8. The quantitative estimate of drug-likeness (QED) is 0.324. The Labute approximate surface area is 210 Å². The second-order valence-corrected chi connectivity index (χ2v) is 9.85. The molecule has 0 aliphatic heterocycles. The number of aromatic amines is 1. The van der Waals surface area contributed by atoms with Crippen LogP contribution < -0.4 is 20.3 Å². The molecule has 0 bridgehead atoms. The van der Waals surface area contributed by atoms with Crippen LogP contribution in [0, 0.1) is 6.92 Å². The zero-order chi connectivity index (χ0) is 26.2. The molecule has 1 atom stereocenters. The second kappa shape index (κ2) is 9.57. The van der Waals surface area contributed by atoms with Crippen LogP contribution in [-0.2, 0) is 4.74 Å². The number of hydrogen-bond donors (Lipinski definition) is 2. The fourth-order valence-corrected chi connectivity index (χ4v) is 4.49. The summed E-state index contributed by atoms with van der Waals surface area (Å²) in [5.74, 6) is 1.21. The summed E-state index contributed by atoms with van der Waals surface area (Å²) in [4.78, 5) is 28.3. The number of nitrogens with one attached hydrogen (secondary N) is 2. The Morgan fingerprint density at radius 2 is 1.64 bits per heavy atom. The van der Waals surface area contributed by atoms with Crippen molar-refractivity contribution in [2.24, 2.45) is 0 Å². The SMILES string of the molecule is COc1cc(C)c2[nH]c(=O)c3c(OC)cccc3c2c1-c1ccc([C@@H](C)NC(=O)OC(C)(C)C)cc1. The van der Waals surface area contributed by atoms with E-state index in [0.717, 1.165) is 38.5 Å². The Balaban J connectivity index is 1.86. The molecule has 4 aromatic rings. The van der Waals surface area contributed by atoms with Crippen LogP contribution in [0.3, 0.4) is 0 Å². The first kappa shape index (κ1) is 25.1. The van der Waals surface area contributed by atoms with Gasteiger partial charge in [0.15, 0.2) is 0 Å². The molecule has 0 aliphatic carbocycles. The molecule has 1 amide bonds. The molecule has 0 radical (unpaired) electrons. The molecule has 0 aliphatic rings. The van der Waals surface area contributed by atoms with Crippen LogP contribution in [0.4, 0.5) is 4.79 Å². The molecule has 3 aromatic carbocycles. The lowest BCUT2D eigenvalue weighted by Gasteiger charge is -2.22. The zero-order valence-electron chi connectivity index (χ0n) is 21.7. The van der Waals surface area contributed by atoms with Crippen molar-refractivity contribution in [3.05, 3.63) is 70.0 Å². The lowest BCUT2D eigenvalue weighted by atomic mass is 9.92. The van der Waals surface area contributed by atoms with Crippen molar-refractivity contribution >= 4 is 27.8 Å². The van der Waals surface area contributed by atoms with E-state index < -0.39 is 11.7 Å². The summed E-state index contributed by atoms with van der Waals surface area (Å²) >= 11 is 0. The van der Waals surface area contributed by atoms with E-state index in [2.05, 4.69) is 10.3 Å². The van der Waals surface area contributed by atoms with Crippen LogP contribution >= 0.6 is 0 Å². The van der Waals surface area contributed by atoms with Crippen LogP contribution in [0.25, 0.3) is 32.8 Å². The maximum Gasteiger partial charge on any atom is 0.408 e. The largest absolute Gasteiger partial charge is 0.496 e. The van der Waals surface area contributed by atoms with E-state index in [-0.39, 0.29) is 11.6 Å². The minimum atomic E-state index is -0.566. The van der Waals surface area contributed by atoms with E-state index in [1.165, 1.54) is 0 Å². The first-order chi connectivity index (χ1) is 17.0. The second-order valence-electron chi connectivity index (χ2n) is 9.85. The number of H-pyrrole nitrogens is 1. The lowest BCUT2D eigenvalue weighted by Crippen LogP contribution is -2.34. The van der Waals surface area contributed by atoms with Crippen LogP contribution in [-0.4, -0.2) is 30.9 Å². The number of alkyl carbamates (subject to hydrolysis) is 1. The van der Waals surface area contributed by atoms with Crippen LogP contribution in [0.2, 0.25) is 0 Å². The third-order valence-corrected chi connectivity index (χ3v) is 6.12. The van der Waals surface area contributed by atoms with Gasteiger partial charge >= 0.3 is 6.09 Å². The number of ether oxygens (including phenoxy) is 3. The first-order valence-corrected chi connectivity index (χ1v) is 11.8. The molecule has 0 fully saturated rings. The Bertz CT molecular complexity index is 1500.